The average Bonchev–Trinajstić information content (AvgIpc) is 3.03. The van der Waals surface area contributed by atoms with Crippen LogP contribution in [-0.2, 0) is 0 Å². The van der Waals surface area contributed by atoms with Gasteiger partial charge >= 0.3 is 0 Å². The van der Waals surface area contributed by atoms with Crippen LogP contribution in [0.4, 0.5) is 17.3 Å². The first kappa shape index (κ1) is 24.5. The quantitative estimate of drug-likeness (QED) is 0.364. The second kappa shape index (κ2) is 10.3. The number of hydrogen-bond acceptors (Lipinski definition) is 7. The zero-order chi connectivity index (χ0) is 25.0. The molecule has 0 fully saturated rings. The largest absolute Gasteiger partial charge is 0.456 e. The van der Waals surface area contributed by atoms with Crippen molar-refractivity contribution in [2.75, 3.05) is 23.8 Å². The lowest BCUT2D eigenvalue weighted by Crippen LogP contribution is -2.40. The third-order valence-corrected chi connectivity index (χ3v) is 5.48. The van der Waals surface area contributed by atoms with Crippen LogP contribution in [0, 0.1) is 0 Å². The lowest BCUT2D eigenvalue weighted by atomic mass is 10.1. The summed E-state index contributed by atoms with van der Waals surface area (Å²) in [5.74, 6) is 2.08. The van der Waals surface area contributed by atoms with Crippen molar-refractivity contribution in [2.45, 2.75) is 32.7 Å². The number of aromatic nitrogens is 2. The molecule has 0 radical (unpaired) electrons. The number of rotatable bonds is 6. The normalized spacial score (nSPS) is 13.1. The molecule has 4 N–H and O–H groups in total. The molecule has 0 saturated carbocycles. The highest BCUT2D eigenvalue weighted by molar-refractivity contribution is 6.32. The molecule has 0 bridgehead atoms. The Morgan fingerprint density at radius 3 is 2.77 bits per heavy atom. The molecule has 2 aromatic carbocycles. The Labute approximate surface area is 209 Å². The smallest absolute Gasteiger partial charge is 0.251 e. The topological polar surface area (TPSA) is 108 Å². The van der Waals surface area contributed by atoms with E-state index in [1.165, 1.54) is 6.33 Å². The fourth-order valence-corrected chi connectivity index (χ4v) is 3.77. The van der Waals surface area contributed by atoms with E-state index in [2.05, 4.69) is 25.9 Å². The summed E-state index contributed by atoms with van der Waals surface area (Å²) < 4.78 is 5.96. The van der Waals surface area contributed by atoms with Gasteiger partial charge in [0.25, 0.3) is 5.91 Å². The SMILES string of the molecule is CC(C)(C)NC(=O)c1cccc(Oc2ccc(Nc3ncnc4c3C=C(CO)CCN4)cc2Cl)c1. The van der Waals surface area contributed by atoms with Gasteiger partial charge in [0.05, 0.1) is 17.2 Å². The second-order valence-corrected chi connectivity index (χ2v) is 9.63. The molecule has 0 spiro atoms. The molecule has 1 amide bonds. The van der Waals surface area contributed by atoms with E-state index >= 15 is 0 Å². The van der Waals surface area contributed by atoms with Crippen molar-refractivity contribution in [3.63, 3.8) is 0 Å². The van der Waals surface area contributed by atoms with Crippen molar-refractivity contribution in [2.24, 2.45) is 0 Å². The highest BCUT2D eigenvalue weighted by Gasteiger charge is 2.17. The molecular weight excluding hydrogens is 466 g/mol. The van der Waals surface area contributed by atoms with E-state index < -0.39 is 0 Å². The van der Waals surface area contributed by atoms with Gasteiger partial charge in [0.1, 0.15) is 29.5 Å². The standard InChI is InChI=1S/C26H28ClN5O3/c1-26(2,3)32-25(34)17-5-4-6-19(12-17)35-22-8-7-18(13-21(22)27)31-24-20-11-16(14-33)9-10-28-23(20)29-15-30-24/h4-8,11-13,15,33H,9-10,14H2,1-3H3,(H,32,34)(H2,28,29,30,31). The Morgan fingerprint density at radius 1 is 1.20 bits per heavy atom. The second-order valence-electron chi connectivity index (χ2n) is 9.23. The van der Waals surface area contributed by atoms with Gasteiger partial charge in [0, 0.05) is 23.3 Å². The molecule has 4 rings (SSSR count). The van der Waals surface area contributed by atoms with Crippen molar-refractivity contribution >= 4 is 40.9 Å². The number of halogens is 1. The van der Waals surface area contributed by atoms with Crippen LogP contribution < -0.4 is 20.7 Å². The van der Waals surface area contributed by atoms with E-state index in [-0.39, 0.29) is 18.1 Å². The summed E-state index contributed by atoms with van der Waals surface area (Å²) in [6, 6.07) is 12.3. The van der Waals surface area contributed by atoms with Crippen LogP contribution in [0.3, 0.4) is 0 Å². The number of benzene rings is 2. The summed E-state index contributed by atoms with van der Waals surface area (Å²) in [6.45, 7) is 6.45. The van der Waals surface area contributed by atoms with E-state index in [9.17, 15) is 9.90 Å². The minimum absolute atomic E-state index is 0.0214. The minimum atomic E-state index is -0.340. The molecule has 8 nitrogen and oxygen atoms in total. The number of carbonyl (C=O) groups excluding carboxylic acids is 1. The van der Waals surface area contributed by atoms with Crippen LogP contribution >= 0.6 is 11.6 Å². The number of hydrogen-bond donors (Lipinski definition) is 4. The molecule has 1 aliphatic rings. The Kier molecular flexibility index (Phi) is 7.23. The van der Waals surface area contributed by atoms with Crippen molar-refractivity contribution in [1.82, 2.24) is 15.3 Å². The van der Waals surface area contributed by atoms with Crippen molar-refractivity contribution < 1.29 is 14.6 Å². The van der Waals surface area contributed by atoms with Crippen LogP contribution in [-0.4, -0.2) is 39.7 Å². The zero-order valence-corrected chi connectivity index (χ0v) is 20.6. The van der Waals surface area contributed by atoms with Crippen LogP contribution in [0.2, 0.25) is 5.02 Å². The lowest BCUT2D eigenvalue weighted by molar-refractivity contribution is 0.0919. The van der Waals surface area contributed by atoms with Gasteiger partial charge in [0.15, 0.2) is 0 Å². The maximum Gasteiger partial charge on any atom is 0.251 e. The van der Waals surface area contributed by atoms with Crippen LogP contribution in [0.5, 0.6) is 11.5 Å². The number of carbonyl (C=O) groups is 1. The van der Waals surface area contributed by atoms with Gasteiger partial charge in [-0.1, -0.05) is 17.7 Å². The molecule has 0 saturated heterocycles. The van der Waals surface area contributed by atoms with E-state index in [0.29, 0.717) is 46.0 Å². The molecule has 9 heteroatoms. The summed E-state index contributed by atoms with van der Waals surface area (Å²) in [5, 5.41) is 19.5. The first-order valence-corrected chi connectivity index (χ1v) is 11.7. The molecule has 35 heavy (non-hydrogen) atoms. The van der Waals surface area contributed by atoms with Gasteiger partial charge in [-0.3, -0.25) is 4.79 Å². The van der Waals surface area contributed by atoms with Crippen molar-refractivity contribution in [3.8, 4) is 11.5 Å². The maximum absolute atomic E-state index is 12.5. The molecule has 3 aromatic rings. The van der Waals surface area contributed by atoms with E-state index in [4.69, 9.17) is 16.3 Å². The Morgan fingerprint density at radius 2 is 2.03 bits per heavy atom. The summed E-state index contributed by atoms with van der Waals surface area (Å²) >= 11 is 6.52. The van der Waals surface area contributed by atoms with E-state index in [0.717, 1.165) is 17.6 Å². The molecule has 0 unspecified atom stereocenters. The van der Waals surface area contributed by atoms with Gasteiger partial charge in [-0.15, -0.1) is 0 Å². The molecule has 0 aliphatic carbocycles. The first-order chi connectivity index (χ1) is 16.7. The predicted molar refractivity (Wildman–Crippen MR) is 139 cm³/mol. The van der Waals surface area contributed by atoms with Crippen molar-refractivity contribution in [3.05, 3.63) is 70.5 Å². The first-order valence-electron chi connectivity index (χ1n) is 11.3. The molecule has 1 aliphatic heterocycles. The van der Waals surface area contributed by atoms with E-state index in [1.54, 1.807) is 36.4 Å². The van der Waals surface area contributed by atoms with Gasteiger partial charge in [-0.25, -0.2) is 9.97 Å². The third kappa shape index (κ3) is 6.29. The molecule has 1 aromatic heterocycles. The lowest BCUT2D eigenvalue weighted by Gasteiger charge is -2.20. The van der Waals surface area contributed by atoms with Crippen LogP contribution in [0.15, 0.2) is 54.4 Å². The highest BCUT2D eigenvalue weighted by atomic mass is 35.5. The molecule has 2 heterocycles. The fourth-order valence-electron chi connectivity index (χ4n) is 3.55. The monoisotopic (exact) mass is 493 g/mol. The molecule has 182 valence electrons. The highest BCUT2D eigenvalue weighted by Crippen LogP contribution is 2.34. The number of amides is 1. The van der Waals surface area contributed by atoms with Crippen LogP contribution in [0.25, 0.3) is 6.08 Å². The van der Waals surface area contributed by atoms with Crippen molar-refractivity contribution in [1.29, 1.82) is 0 Å². The predicted octanol–water partition coefficient (Wildman–Crippen LogP) is 5.39. The summed E-state index contributed by atoms with van der Waals surface area (Å²) in [5.41, 5.74) is 2.54. The Balaban J connectivity index is 1.52. The molecular formula is C26H28ClN5O3. The number of anilines is 3. The van der Waals surface area contributed by atoms with Gasteiger partial charge in [-0.05, 0) is 75.2 Å². The number of fused-ring (bicyclic) bond motifs is 1. The van der Waals surface area contributed by atoms with E-state index in [1.807, 2.05) is 32.9 Å². The number of ether oxygens (including phenoxy) is 1. The number of nitrogens with one attached hydrogen (secondary N) is 3. The van der Waals surface area contributed by atoms with Crippen LogP contribution in [0.1, 0.15) is 43.1 Å². The summed E-state index contributed by atoms with van der Waals surface area (Å²) in [4.78, 5) is 21.2. The average molecular weight is 494 g/mol. The minimum Gasteiger partial charge on any atom is -0.456 e. The van der Waals surface area contributed by atoms with Gasteiger partial charge in [0.2, 0.25) is 0 Å². The van der Waals surface area contributed by atoms with Gasteiger partial charge < -0.3 is 25.8 Å². The number of aliphatic hydroxyl groups is 1. The summed E-state index contributed by atoms with van der Waals surface area (Å²) in [6.07, 6.45) is 4.11. The Bertz CT molecular complexity index is 1270. The molecule has 0 atom stereocenters. The number of aliphatic hydroxyl groups excluding tert-OH is 1. The number of nitrogens with zero attached hydrogens (tertiary/aromatic N) is 2. The fraction of sp³-hybridized carbons (Fsp3) is 0.269. The van der Waals surface area contributed by atoms with Gasteiger partial charge in [-0.2, -0.15) is 0 Å². The third-order valence-electron chi connectivity index (χ3n) is 5.18. The maximum atomic E-state index is 12.5. The zero-order valence-electron chi connectivity index (χ0n) is 19.9. The summed E-state index contributed by atoms with van der Waals surface area (Å²) in [7, 11) is 0. The Hall–Kier alpha value is -3.62.